The van der Waals surface area contributed by atoms with Crippen LogP contribution >= 0.6 is 23.2 Å². The smallest absolute Gasteiger partial charge is 0.269 e. The van der Waals surface area contributed by atoms with Crippen molar-refractivity contribution in [3.63, 3.8) is 0 Å². The minimum atomic E-state index is -0.359. The van der Waals surface area contributed by atoms with E-state index in [9.17, 15) is 9.59 Å². The number of halogens is 2. The number of aromatic nitrogens is 4. The number of hydrogen-bond acceptors (Lipinski definition) is 4. The number of fused-ring (bicyclic) bond motifs is 1. The second kappa shape index (κ2) is 8.06. The first-order valence-corrected chi connectivity index (χ1v) is 9.47. The molecular formula is C20H15Cl2N5O2. The van der Waals surface area contributed by atoms with E-state index in [4.69, 9.17) is 23.2 Å². The Morgan fingerprint density at radius 2 is 1.90 bits per heavy atom. The molecule has 4 aromatic rings. The Hall–Kier alpha value is -3.16. The fourth-order valence-corrected chi connectivity index (χ4v) is 3.38. The molecule has 0 aliphatic carbocycles. The molecule has 7 nitrogen and oxygen atoms in total. The standard InChI is InChI=1S/C20H15Cl2N5O2/c21-14-5-3-4-13(20(14)22)11-27-17(8-9-24-27)25-18(28)12-26-16-7-2-1-6-15(16)23-10-19(26)29/h1-10H,11-12H2,(H,25,28). The lowest BCUT2D eigenvalue weighted by molar-refractivity contribution is -0.116. The molecule has 9 heteroatoms. The number of carbonyl (C=O) groups excluding carboxylic acids is 1. The molecule has 4 rings (SSSR count). The number of nitrogens with zero attached hydrogens (tertiary/aromatic N) is 4. The Morgan fingerprint density at radius 1 is 1.07 bits per heavy atom. The second-order valence-corrected chi connectivity index (χ2v) is 7.09. The van der Waals surface area contributed by atoms with Crippen LogP contribution < -0.4 is 10.9 Å². The van der Waals surface area contributed by atoms with Crippen LogP contribution in [0.15, 0.2) is 65.7 Å². The number of amides is 1. The van der Waals surface area contributed by atoms with E-state index in [2.05, 4.69) is 15.4 Å². The number of nitrogens with one attached hydrogen (secondary N) is 1. The average Bonchev–Trinajstić information content (AvgIpc) is 3.14. The molecule has 0 saturated carbocycles. The van der Waals surface area contributed by atoms with Crippen LogP contribution in [0.1, 0.15) is 5.56 Å². The highest BCUT2D eigenvalue weighted by Gasteiger charge is 2.13. The lowest BCUT2D eigenvalue weighted by Crippen LogP contribution is -2.28. The molecule has 0 aliphatic heterocycles. The first-order chi connectivity index (χ1) is 14.0. The normalized spacial score (nSPS) is 11.0. The van der Waals surface area contributed by atoms with Crippen LogP contribution in [0.3, 0.4) is 0 Å². The quantitative estimate of drug-likeness (QED) is 0.527. The molecule has 0 bridgehead atoms. The topological polar surface area (TPSA) is 81.8 Å². The van der Waals surface area contributed by atoms with E-state index in [1.54, 1.807) is 47.3 Å². The van der Waals surface area contributed by atoms with Gasteiger partial charge in [-0.2, -0.15) is 5.10 Å². The fourth-order valence-electron chi connectivity index (χ4n) is 3.00. The third-order valence-electron chi connectivity index (χ3n) is 4.39. The first kappa shape index (κ1) is 19.2. The van der Waals surface area contributed by atoms with E-state index >= 15 is 0 Å². The molecule has 146 valence electrons. The SMILES string of the molecule is O=C(Cn1c(=O)cnc2ccccc21)Nc1ccnn1Cc1cccc(Cl)c1Cl. The van der Waals surface area contributed by atoms with Gasteiger partial charge in [-0.3, -0.25) is 14.2 Å². The molecule has 0 atom stereocenters. The third kappa shape index (κ3) is 4.01. The molecule has 0 unspecified atom stereocenters. The number of rotatable bonds is 5. The van der Waals surface area contributed by atoms with Gasteiger partial charge in [-0.25, -0.2) is 9.67 Å². The highest BCUT2D eigenvalue weighted by atomic mass is 35.5. The van der Waals surface area contributed by atoms with E-state index in [0.717, 1.165) is 5.56 Å². The summed E-state index contributed by atoms with van der Waals surface area (Å²) in [5.74, 6) is 0.125. The zero-order chi connectivity index (χ0) is 20.4. The van der Waals surface area contributed by atoms with Crippen LogP contribution in [0.4, 0.5) is 5.82 Å². The van der Waals surface area contributed by atoms with Crippen LogP contribution in [0, 0.1) is 0 Å². The summed E-state index contributed by atoms with van der Waals surface area (Å²) in [7, 11) is 0. The summed E-state index contributed by atoms with van der Waals surface area (Å²) < 4.78 is 2.98. The first-order valence-electron chi connectivity index (χ1n) is 8.72. The molecule has 0 saturated heterocycles. The molecule has 1 amide bonds. The maximum Gasteiger partial charge on any atom is 0.269 e. The number of benzene rings is 2. The number of carbonyl (C=O) groups is 1. The summed E-state index contributed by atoms with van der Waals surface area (Å²) in [5, 5.41) is 7.91. The third-order valence-corrected chi connectivity index (χ3v) is 5.25. The van der Waals surface area contributed by atoms with Gasteiger partial charge in [0.05, 0.1) is 40.0 Å². The molecule has 1 N–H and O–H groups in total. The van der Waals surface area contributed by atoms with Crippen molar-refractivity contribution in [3.05, 3.63) is 86.9 Å². The van der Waals surface area contributed by atoms with Crippen molar-refractivity contribution < 1.29 is 4.79 Å². The Bertz CT molecular complexity index is 1270. The van der Waals surface area contributed by atoms with E-state index < -0.39 is 0 Å². The molecule has 0 radical (unpaired) electrons. The summed E-state index contributed by atoms with van der Waals surface area (Å²) in [5.41, 5.74) is 1.66. The highest BCUT2D eigenvalue weighted by molar-refractivity contribution is 6.42. The zero-order valence-electron chi connectivity index (χ0n) is 15.0. The second-order valence-electron chi connectivity index (χ2n) is 6.31. The largest absolute Gasteiger partial charge is 0.309 e. The van der Waals surface area contributed by atoms with Crippen LogP contribution in [0.25, 0.3) is 11.0 Å². The van der Waals surface area contributed by atoms with Crippen molar-refractivity contribution in [1.29, 1.82) is 0 Å². The lowest BCUT2D eigenvalue weighted by atomic mass is 10.2. The predicted molar refractivity (Wildman–Crippen MR) is 112 cm³/mol. The van der Waals surface area contributed by atoms with E-state index in [1.807, 2.05) is 12.1 Å². The number of para-hydroxylation sites is 2. The van der Waals surface area contributed by atoms with Crippen LogP contribution in [0.2, 0.25) is 10.0 Å². The average molecular weight is 428 g/mol. The molecule has 2 heterocycles. The summed E-state index contributed by atoms with van der Waals surface area (Å²) in [4.78, 5) is 28.9. The van der Waals surface area contributed by atoms with Crippen molar-refractivity contribution in [2.75, 3.05) is 5.32 Å². The van der Waals surface area contributed by atoms with Crippen molar-refractivity contribution in [3.8, 4) is 0 Å². The monoisotopic (exact) mass is 427 g/mol. The molecule has 0 aliphatic rings. The Labute approximate surface area is 175 Å². The van der Waals surface area contributed by atoms with E-state index in [0.29, 0.717) is 33.4 Å². The lowest BCUT2D eigenvalue weighted by Gasteiger charge is -2.12. The Kier molecular flexibility index (Phi) is 5.33. The molecule has 0 spiro atoms. The van der Waals surface area contributed by atoms with Gasteiger partial charge >= 0.3 is 0 Å². The van der Waals surface area contributed by atoms with Crippen molar-refractivity contribution in [1.82, 2.24) is 19.3 Å². The minimum Gasteiger partial charge on any atom is -0.309 e. The van der Waals surface area contributed by atoms with Crippen molar-refractivity contribution >= 4 is 46.0 Å². The van der Waals surface area contributed by atoms with E-state index in [1.165, 1.54) is 10.8 Å². The molecule has 29 heavy (non-hydrogen) atoms. The van der Waals surface area contributed by atoms with Gasteiger partial charge in [0.1, 0.15) is 12.4 Å². The number of anilines is 1. The van der Waals surface area contributed by atoms with Gasteiger partial charge in [-0.15, -0.1) is 0 Å². The molecular weight excluding hydrogens is 413 g/mol. The fraction of sp³-hybridized carbons (Fsp3) is 0.100. The van der Waals surface area contributed by atoms with Crippen molar-refractivity contribution in [2.24, 2.45) is 0 Å². The number of hydrogen-bond donors (Lipinski definition) is 1. The van der Waals surface area contributed by atoms with Crippen LogP contribution in [0.5, 0.6) is 0 Å². The summed E-state index contributed by atoms with van der Waals surface area (Å²) in [6.07, 6.45) is 2.78. The highest BCUT2D eigenvalue weighted by Crippen LogP contribution is 2.26. The maximum absolute atomic E-state index is 12.6. The van der Waals surface area contributed by atoms with E-state index in [-0.39, 0.29) is 18.0 Å². The Morgan fingerprint density at radius 3 is 2.76 bits per heavy atom. The predicted octanol–water partition coefficient (Wildman–Crippen LogP) is 3.59. The van der Waals surface area contributed by atoms with Gasteiger partial charge in [-0.05, 0) is 23.8 Å². The van der Waals surface area contributed by atoms with Gasteiger partial charge in [0, 0.05) is 6.07 Å². The van der Waals surface area contributed by atoms with Crippen molar-refractivity contribution in [2.45, 2.75) is 13.1 Å². The van der Waals surface area contributed by atoms with Gasteiger partial charge in [0.2, 0.25) is 5.91 Å². The summed E-state index contributed by atoms with van der Waals surface area (Å²) in [6, 6.07) is 14.2. The van der Waals surface area contributed by atoms with Gasteiger partial charge in [0.15, 0.2) is 0 Å². The summed E-state index contributed by atoms with van der Waals surface area (Å²) in [6.45, 7) is 0.186. The summed E-state index contributed by atoms with van der Waals surface area (Å²) >= 11 is 12.3. The zero-order valence-corrected chi connectivity index (χ0v) is 16.6. The Balaban J connectivity index is 1.55. The minimum absolute atomic E-state index is 0.148. The molecule has 2 aromatic heterocycles. The molecule has 0 fully saturated rings. The molecule has 2 aromatic carbocycles. The maximum atomic E-state index is 12.6. The van der Waals surface area contributed by atoms with Gasteiger partial charge in [-0.1, -0.05) is 47.5 Å². The van der Waals surface area contributed by atoms with Gasteiger partial charge in [0.25, 0.3) is 5.56 Å². The van der Waals surface area contributed by atoms with Crippen LogP contribution in [-0.2, 0) is 17.9 Å². The van der Waals surface area contributed by atoms with Gasteiger partial charge < -0.3 is 5.32 Å². The van der Waals surface area contributed by atoms with Crippen LogP contribution in [-0.4, -0.2) is 25.2 Å².